The third kappa shape index (κ3) is 6.15. The van der Waals surface area contributed by atoms with Gasteiger partial charge >= 0.3 is 5.97 Å². The molecule has 0 bridgehead atoms. The number of hydrogen-bond acceptors (Lipinski definition) is 7. The molecule has 0 spiro atoms. The molecular weight excluding hydrogens is 464 g/mol. The molecule has 0 unspecified atom stereocenters. The lowest BCUT2D eigenvalue weighted by molar-refractivity contribution is -0.113. The molecule has 0 atom stereocenters. The fraction of sp³-hybridized carbons (Fsp3) is 0.217. The van der Waals surface area contributed by atoms with E-state index in [0.717, 1.165) is 11.3 Å². The number of allylic oxidation sites excluding steroid dienone is 1. The van der Waals surface area contributed by atoms with Crippen molar-refractivity contribution in [2.24, 2.45) is 0 Å². The van der Waals surface area contributed by atoms with Crippen molar-refractivity contribution in [3.63, 3.8) is 0 Å². The van der Waals surface area contributed by atoms with Gasteiger partial charge in [0.1, 0.15) is 5.75 Å². The van der Waals surface area contributed by atoms with Crippen molar-refractivity contribution in [1.82, 2.24) is 14.8 Å². The van der Waals surface area contributed by atoms with E-state index < -0.39 is 5.97 Å². The van der Waals surface area contributed by atoms with Crippen LogP contribution in [0.3, 0.4) is 0 Å². The minimum absolute atomic E-state index is 0.0673. The average Bonchev–Trinajstić information content (AvgIpc) is 3.22. The number of rotatable bonds is 10. The van der Waals surface area contributed by atoms with Crippen molar-refractivity contribution in [2.45, 2.75) is 18.6 Å². The Morgan fingerprint density at radius 1 is 1.21 bits per heavy atom. The number of ether oxygens (including phenoxy) is 2. The molecule has 1 amide bonds. The van der Waals surface area contributed by atoms with E-state index >= 15 is 0 Å². The van der Waals surface area contributed by atoms with E-state index in [0.29, 0.717) is 33.8 Å². The molecule has 3 rings (SSSR count). The molecule has 1 aromatic heterocycles. The number of esters is 1. The van der Waals surface area contributed by atoms with Crippen LogP contribution in [-0.2, 0) is 16.1 Å². The summed E-state index contributed by atoms with van der Waals surface area (Å²) in [5.74, 6) is 0.679. The number of benzene rings is 2. The summed E-state index contributed by atoms with van der Waals surface area (Å²) in [5, 5.41) is 12.1. The van der Waals surface area contributed by atoms with Gasteiger partial charge in [-0.2, -0.15) is 0 Å². The van der Waals surface area contributed by atoms with Crippen LogP contribution in [0.25, 0.3) is 11.4 Å². The van der Waals surface area contributed by atoms with Gasteiger partial charge in [0.05, 0.1) is 35.7 Å². The quantitative estimate of drug-likeness (QED) is 0.252. The highest BCUT2D eigenvalue weighted by atomic mass is 35.5. The van der Waals surface area contributed by atoms with Gasteiger partial charge in [0, 0.05) is 12.1 Å². The number of nitrogens with one attached hydrogen (secondary N) is 1. The Hall–Kier alpha value is -3.30. The minimum atomic E-state index is -0.484. The number of carbonyl (C=O) groups excluding carboxylic acids is 2. The van der Waals surface area contributed by atoms with Gasteiger partial charge < -0.3 is 14.8 Å². The predicted octanol–water partition coefficient (Wildman–Crippen LogP) is 4.70. The summed E-state index contributed by atoms with van der Waals surface area (Å²) >= 11 is 7.41. The average molecular weight is 487 g/mol. The van der Waals surface area contributed by atoms with E-state index in [1.54, 1.807) is 32.2 Å². The largest absolute Gasteiger partial charge is 0.497 e. The zero-order valence-corrected chi connectivity index (χ0v) is 19.8. The van der Waals surface area contributed by atoms with Crippen molar-refractivity contribution in [2.75, 3.05) is 24.8 Å². The van der Waals surface area contributed by atoms with Crippen molar-refractivity contribution >= 4 is 40.9 Å². The minimum Gasteiger partial charge on any atom is -0.497 e. The van der Waals surface area contributed by atoms with E-state index in [1.165, 1.54) is 17.8 Å². The van der Waals surface area contributed by atoms with Crippen LogP contribution in [0.5, 0.6) is 5.75 Å². The highest BCUT2D eigenvalue weighted by Gasteiger charge is 2.16. The highest BCUT2D eigenvalue weighted by molar-refractivity contribution is 7.99. The second-order valence-corrected chi connectivity index (χ2v) is 8.04. The van der Waals surface area contributed by atoms with Crippen LogP contribution < -0.4 is 10.1 Å². The van der Waals surface area contributed by atoms with E-state index in [2.05, 4.69) is 22.1 Å². The standard InChI is InChI=1S/C23H23ClN4O4S/c1-4-12-28-21(15-6-9-17(31-3)10-7-15)26-27-23(28)33-14-20(29)25-19-13-16(8-11-18(19)24)22(30)32-5-2/h4,6-11,13H,1,5,12,14H2,2-3H3,(H,25,29). The fourth-order valence-corrected chi connectivity index (χ4v) is 3.83. The van der Waals surface area contributed by atoms with Gasteiger partial charge in [0.25, 0.3) is 0 Å². The molecule has 8 nitrogen and oxygen atoms in total. The number of aromatic nitrogens is 3. The van der Waals surface area contributed by atoms with Crippen molar-refractivity contribution < 1.29 is 19.1 Å². The summed E-state index contributed by atoms with van der Waals surface area (Å²) in [5.41, 5.74) is 1.50. The maximum Gasteiger partial charge on any atom is 0.338 e. The van der Waals surface area contributed by atoms with E-state index in [9.17, 15) is 9.59 Å². The van der Waals surface area contributed by atoms with E-state index in [1.807, 2.05) is 28.8 Å². The normalized spacial score (nSPS) is 10.5. The molecule has 3 aromatic rings. The van der Waals surface area contributed by atoms with Gasteiger partial charge in [-0.05, 0) is 49.4 Å². The summed E-state index contributed by atoms with van der Waals surface area (Å²) in [4.78, 5) is 24.5. The molecule has 33 heavy (non-hydrogen) atoms. The zero-order chi connectivity index (χ0) is 23.8. The third-order valence-electron chi connectivity index (χ3n) is 4.46. The van der Waals surface area contributed by atoms with Crippen LogP contribution in [0.1, 0.15) is 17.3 Å². The van der Waals surface area contributed by atoms with Crippen LogP contribution in [0.2, 0.25) is 5.02 Å². The Balaban J connectivity index is 1.71. The van der Waals surface area contributed by atoms with Crippen LogP contribution in [0.4, 0.5) is 5.69 Å². The molecule has 10 heteroatoms. The molecule has 0 aliphatic carbocycles. The SMILES string of the molecule is C=CCn1c(SCC(=O)Nc2cc(C(=O)OCC)ccc2Cl)nnc1-c1ccc(OC)cc1. The number of methoxy groups -OCH3 is 1. The summed E-state index contributed by atoms with van der Waals surface area (Å²) in [6.07, 6.45) is 1.74. The lowest BCUT2D eigenvalue weighted by Gasteiger charge is -2.10. The van der Waals surface area contributed by atoms with E-state index in [-0.39, 0.29) is 18.3 Å². The van der Waals surface area contributed by atoms with Crippen molar-refractivity contribution in [3.05, 3.63) is 65.7 Å². The Morgan fingerprint density at radius 2 is 1.97 bits per heavy atom. The molecule has 0 fully saturated rings. The van der Waals surface area contributed by atoms with Gasteiger partial charge in [-0.15, -0.1) is 16.8 Å². The first-order valence-electron chi connectivity index (χ1n) is 10.0. The Labute approximate surface area is 200 Å². The first-order chi connectivity index (χ1) is 16.0. The maximum absolute atomic E-state index is 12.6. The number of carbonyl (C=O) groups is 2. The van der Waals surface area contributed by atoms with Crippen LogP contribution >= 0.6 is 23.4 Å². The van der Waals surface area contributed by atoms with Crippen molar-refractivity contribution in [3.8, 4) is 17.1 Å². The van der Waals surface area contributed by atoms with Crippen LogP contribution in [-0.4, -0.2) is 46.1 Å². The van der Waals surface area contributed by atoms with Crippen LogP contribution in [0, 0.1) is 0 Å². The Bertz CT molecular complexity index is 1150. The molecule has 0 saturated carbocycles. The number of thioether (sulfide) groups is 1. The third-order valence-corrected chi connectivity index (χ3v) is 5.76. The molecule has 172 valence electrons. The molecule has 1 heterocycles. The van der Waals surface area contributed by atoms with Gasteiger partial charge in [-0.25, -0.2) is 4.79 Å². The van der Waals surface area contributed by atoms with Gasteiger partial charge in [0.15, 0.2) is 11.0 Å². The van der Waals surface area contributed by atoms with Gasteiger partial charge in [-0.1, -0.05) is 29.4 Å². The zero-order valence-electron chi connectivity index (χ0n) is 18.2. The number of anilines is 1. The summed E-state index contributed by atoms with van der Waals surface area (Å²) in [7, 11) is 1.61. The molecule has 1 N–H and O–H groups in total. The second kappa shape index (κ2) is 11.5. The lowest BCUT2D eigenvalue weighted by Crippen LogP contribution is -2.16. The molecular formula is C23H23ClN4O4S. The van der Waals surface area contributed by atoms with E-state index in [4.69, 9.17) is 21.1 Å². The second-order valence-electron chi connectivity index (χ2n) is 6.69. The Kier molecular flexibility index (Phi) is 8.51. The van der Waals surface area contributed by atoms with Crippen molar-refractivity contribution in [1.29, 1.82) is 0 Å². The molecule has 0 aliphatic rings. The summed E-state index contributed by atoms with van der Waals surface area (Å²) in [6, 6.07) is 12.0. The molecule has 0 radical (unpaired) electrons. The number of halogens is 1. The lowest BCUT2D eigenvalue weighted by atomic mass is 10.2. The highest BCUT2D eigenvalue weighted by Crippen LogP contribution is 2.27. The monoisotopic (exact) mass is 486 g/mol. The van der Waals surface area contributed by atoms with Gasteiger partial charge in [-0.3, -0.25) is 9.36 Å². The topological polar surface area (TPSA) is 95.3 Å². The maximum atomic E-state index is 12.6. The first kappa shape index (κ1) is 24.3. The fourth-order valence-electron chi connectivity index (χ4n) is 2.92. The summed E-state index contributed by atoms with van der Waals surface area (Å²) in [6.45, 7) is 6.25. The predicted molar refractivity (Wildman–Crippen MR) is 129 cm³/mol. The van der Waals surface area contributed by atoms with Gasteiger partial charge in [0.2, 0.25) is 5.91 Å². The Morgan fingerprint density at radius 3 is 2.64 bits per heavy atom. The smallest absolute Gasteiger partial charge is 0.338 e. The molecule has 0 saturated heterocycles. The first-order valence-corrected chi connectivity index (χ1v) is 11.4. The summed E-state index contributed by atoms with van der Waals surface area (Å²) < 4.78 is 12.1. The number of hydrogen-bond donors (Lipinski definition) is 1. The molecule has 0 aliphatic heterocycles. The number of nitrogens with zero attached hydrogens (tertiary/aromatic N) is 3. The molecule has 2 aromatic carbocycles. The number of amides is 1. The van der Waals surface area contributed by atoms with Crippen LogP contribution in [0.15, 0.2) is 60.3 Å².